The second kappa shape index (κ2) is 3.49. The molecule has 0 fully saturated rings. The third-order valence-corrected chi connectivity index (χ3v) is 1.62. The smallest absolute Gasteiger partial charge is 0.118 e. The van der Waals surface area contributed by atoms with E-state index < -0.39 is 0 Å². The summed E-state index contributed by atoms with van der Waals surface area (Å²) in [6.07, 6.45) is 0. The van der Waals surface area contributed by atoms with Gasteiger partial charge in [-0.1, -0.05) is 0 Å². The van der Waals surface area contributed by atoms with Gasteiger partial charge in [0.05, 0.1) is 19.2 Å². The Hall–Kier alpha value is -0.670. The average Bonchev–Trinajstić information content (AvgIpc) is 2.05. The van der Waals surface area contributed by atoms with E-state index in [0.29, 0.717) is 16.9 Å². The van der Waals surface area contributed by atoms with Crippen LogP contribution in [0.3, 0.4) is 0 Å². The lowest BCUT2D eigenvalue weighted by molar-refractivity contribution is 0.414. The van der Waals surface area contributed by atoms with Crippen LogP contribution in [0.5, 0.6) is 5.75 Å². The molecule has 1 radical (unpaired) electrons. The highest BCUT2D eigenvalue weighted by atomic mass is 32.2. The van der Waals surface area contributed by atoms with Gasteiger partial charge in [-0.2, -0.15) is 0 Å². The van der Waals surface area contributed by atoms with Crippen molar-refractivity contribution in [2.24, 2.45) is 0 Å². The highest BCUT2D eigenvalue weighted by Crippen LogP contribution is 2.18. The fraction of sp³-hybridized carbons (Fsp3) is 0.143. The Morgan fingerprint density at radius 1 is 1.30 bits per heavy atom. The van der Waals surface area contributed by atoms with Crippen LogP contribution < -0.4 is 4.74 Å². The quantitative estimate of drug-likeness (QED) is 0.612. The molecule has 0 spiro atoms. The van der Waals surface area contributed by atoms with Crippen LogP contribution in [0.15, 0.2) is 29.2 Å². The molecule has 53 valence electrons. The van der Waals surface area contributed by atoms with Gasteiger partial charge in [0, 0.05) is 4.90 Å². The van der Waals surface area contributed by atoms with E-state index in [1.165, 1.54) is 0 Å². The van der Waals surface area contributed by atoms with Crippen LogP contribution in [-0.2, 0) is 4.55 Å². The monoisotopic (exact) mass is 155 g/mol. The maximum atomic E-state index is 10.2. The number of hydrogen-bond acceptors (Lipinski definition) is 2. The fourth-order valence-corrected chi connectivity index (χ4v) is 0.878. The van der Waals surface area contributed by atoms with Gasteiger partial charge in [-0.05, 0) is 24.3 Å². The zero-order chi connectivity index (χ0) is 7.40. The van der Waals surface area contributed by atoms with E-state index in [9.17, 15) is 4.55 Å². The summed E-state index contributed by atoms with van der Waals surface area (Å²) in [5, 5.41) is 0. The SMILES string of the molecule is COc1ccc(S[O])cc1. The Labute approximate surface area is 64.0 Å². The highest BCUT2D eigenvalue weighted by molar-refractivity contribution is 7.93. The molecule has 0 saturated carbocycles. The summed E-state index contributed by atoms with van der Waals surface area (Å²) in [5.74, 6) is 0.776. The zero-order valence-electron chi connectivity index (χ0n) is 5.53. The van der Waals surface area contributed by atoms with Crippen LogP contribution >= 0.6 is 12.0 Å². The fourth-order valence-electron chi connectivity index (χ4n) is 0.631. The van der Waals surface area contributed by atoms with Gasteiger partial charge in [0.2, 0.25) is 0 Å². The molecule has 0 heterocycles. The maximum absolute atomic E-state index is 10.2. The minimum Gasteiger partial charge on any atom is -0.497 e. The second-order valence-corrected chi connectivity index (χ2v) is 2.40. The summed E-state index contributed by atoms with van der Waals surface area (Å²) >= 11 is 0.482. The Bertz CT molecular complexity index is 172. The first-order chi connectivity index (χ1) is 4.86. The molecule has 1 rings (SSSR count). The molecule has 0 aliphatic heterocycles. The minimum atomic E-state index is 0.482. The molecule has 3 heteroatoms. The summed E-state index contributed by atoms with van der Waals surface area (Å²) < 4.78 is 15.1. The van der Waals surface area contributed by atoms with Crippen molar-refractivity contribution in [3.8, 4) is 5.75 Å². The lowest BCUT2D eigenvalue weighted by Crippen LogP contribution is -1.80. The number of ether oxygens (including phenoxy) is 1. The van der Waals surface area contributed by atoms with Gasteiger partial charge in [-0.25, -0.2) is 0 Å². The van der Waals surface area contributed by atoms with Crippen molar-refractivity contribution in [2.75, 3.05) is 7.11 Å². The molecule has 2 nitrogen and oxygen atoms in total. The molecule has 0 atom stereocenters. The van der Waals surface area contributed by atoms with Crippen molar-refractivity contribution in [3.05, 3.63) is 24.3 Å². The van der Waals surface area contributed by atoms with E-state index >= 15 is 0 Å². The second-order valence-electron chi connectivity index (χ2n) is 1.76. The minimum absolute atomic E-state index is 0.482. The van der Waals surface area contributed by atoms with E-state index in [2.05, 4.69) is 0 Å². The van der Waals surface area contributed by atoms with Crippen molar-refractivity contribution < 1.29 is 9.29 Å². The van der Waals surface area contributed by atoms with Crippen molar-refractivity contribution in [3.63, 3.8) is 0 Å². The third-order valence-electron chi connectivity index (χ3n) is 1.16. The molecule has 0 bridgehead atoms. The van der Waals surface area contributed by atoms with Gasteiger partial charge in [0.25, 0.3) is 0 Å². The van der Waals surface area contributed by atoms with Gasteiger partial charge >= 0.3 is 0 Å². The summed E-state index contributed by atoms with van der Waals surface area (Å²) in [6, 6.07) is 6.99. The summed E-state index contributed by atoms with van der Waals surface area (Å²) in [7, 11) is 1.60. The number of benzene rings is 1. The van der Waals surface area contributed by atoms with Crippen molar-refractivity contribution in [1.82, 2.24) is 0 Å². The van der Waals surface area contributed by atoms with Crippen LogP contribution in [0, 0.1) is 0 Å². The van der Waals surface area contributed by atoms with Crippen LogP contribution in [0.1, 0.15) is 0 Å². The molecule has 10 heavy (non-hydrogen) atoms. The molecule has 0 saturated heterocycles. The van der Waals surface area contributed by atoms with E-state index in [-0.39, 0.29) is 0 Å². The number of hydrogen-bond donors (Lipinski definition) is 0. The Kier molecular flexibility index (Phi) is 2.59. The predicted octanol–water partition coefficient (Wildman–Crippen LogP) is 2.13. The Balaban J connectivity index is 2.80. The molecular formula is C7H7O2S. The lowest BCUT2D eigenvalue weighted by Gasteiger charge is -1.97. The molecule has 0 amide bonds. The number of rotatable bonds is 2. The lowest BCUT2D eigenvalue weighted by atomic mass is 10.3. The van der Waals surface area contributed by atoms with Crippen molar-refractivity contribution in [1.29, 1.82) is 0 Å². The predicted molar refractivity (Wildman–Crippen MR) is 39.5 cm³/mol. The van der Waals surface area contributed by atoms with Crippen LogP contribution in [0.2, 0.25) is 0 Å². The van der Waals surface area contributed by atoms with Crippen molar-refractivity contribution in [2.45, 2.75) is 4.90 Å². The van der Waals surface area contributed by atoms with E-state index in [4.69, 9.17) is 4.74 Å². The topological polar surface area (TPSA) is 29.1 Å². The van der Waals surface area contributed by atoms with Crippen LogP contribution in [0.4, 0.5) is 0 Å². The van der Waals surface area contributed by atoms with Gasteiger partial charge in [0.1, 0.15) is 5.75 Å². The van der Waals surface area contributed by atoms with Crippen LogP contribution in [0.25, 0.3) is 0 Å². The van der Waals surface area contributed by atoms with Gasteiger partial charge < -0.3 is 4.74 Å². The molecule has 0 aromatic heterocycles. The molecule has 0 unspecified atom stereocenters. The van der Waals surface area contributed by atoms with Gasteiger partial charge in [0.15, 0.2) is 0 Å². The van der Waals surface area contributed by atoms with E-state index in [1.54, 1.807) is 31.4 Å². The molecule has 0 aliphatic rings. The Morgan fingerprint density at radius 3 is 2.30 bits per heavy atom. The average molecular weight is 155 g/mol. The molecular weight excluding hydrogens is 148 g/mol. The third kappa shape index (κ3) is 1.65. The molecule has 1 aromatic carbocycles. The first kappa shape index (κ1) is 7.44. The molecule has 0 aliphatic carbocycles. The molecule has 0 N–H and O–H groups in total. The van der Waals surface area contributed by atoms with Crippen molar-refractivity contribution >= 4 is 12.0 Å². The van der Waals surface area contributed by atoms with Crippen LogP contribution in [-0.4, -0.2) is 7.11 Å². The van der Waals surface area contributed by atoms with E-state index in [0.717, 1.165) is 5.75 Å². The zero-order valence-corrected chi connectivity index (χ0v) is 6.35. The highest BCUT2D eigenvalue weighted by Gasteiger charge is 1.91. The van der Waals surface area contributed by atoms with E-state index in [1.807, 2.05) is 0 Å². The standard InChI is InChI=1S/C7H7O2S/c1-9-6-2-4-7(10-8)5-3-6/h2-5H,1H3. The normalized spacial score (nSPS) is 9.40. The number of methoxy groups -OCH3 is 1. The summed E-state index contributed by atoms with van der Waals surface area (Å²) in [6.45, 7) is 0. The maximum Gasteiger partial charge on any atom is 0.118 e. The van der Waals surface area contributed by atoms with Gasteiger partial charge in [-0.3, -0.25) is 0 Å². The van der Waals surface area contributed by atoms with Gasteiger partial charge in [-0.15, -0.1) is 4.55 Å². The first-order valence-corrected chi connectivity index (χ1v) is 3.55. The summed E-state index contributed by atoms with van der Waals surface area (Å²) in [4.78, 5) is 0.709. The largest absolute Gasteiger partial charge is 0.497 e. The Morgan fingerprint density at radius 2 is 1.90 bits per heavy atom. The first-order valence-electron chi connectivity index (χ1n) is 2.80. The summed E-state index contributed by atoms with van der Waals surface area (Å²) in [5.41, 5.74) is 0. The molecule has 1 aromatic rings.